The second-order valence-corrected chi connectivity index (χ2v) is 4.83. The number of carbonyl (C=O) groups excluding carboxylic acids is 2. The van der Waals surface area contributed by atoms with E-state index in [1.807, 2.05) is 24.3 Å². The molecular weight excluding hydrogens is 301 g/mol. The molecule has 1 N–H and O–H groups in total. The van der Waals surface area contributed by atoms with Crippen LogP contribution in [-0.4, -0.2) is 60.1 Å². The zero-order valence-electron chi connectivity index (χ0n) is 13.8. The number of esters is 1. The van der Waals surface area contributed by atoms with Crippen LogP contribution in [0, 0.1) is 0 Å². The molecule has 0 aromatic heterocycles. The van der Waals surface area contributed by atoms with E-state index in [1.54, 1.807) is 14.2 Å². The lowest BCUT2D eigenvalue weighted by Crippen LogP contribution is -2.44. The highest BCUT2D eigenvalue weighted by atomic mass is 16.6. The summed E-state index contributed by atoms with van der Waals surface area (Å²) in [4.78, 5) is 23.4. The predicted molar refractivity (Wildman–Crippen MR) is 85.4 cm³/mol. The van der Waals surface area contributed by atoms with Crippen molar-refractivity contribution < 1.29 is 28.4 Å². The van der Waals surface area contributed by atoms with Gasteiger partial charge in [0.1, 0.15) is 12.6 Å². The van der Waals surface area contributed by atoms with Gasteiger partial charge in [-0.3, -0.25) is 4.79 Å². The van der Waals surface area contributed by atoms with Gasteiger partial charge in [-0.25, -0.2) is 4.79 Å². The fraction of sp³-hybridized carbons (Fsp3) is 0.467. The van der Waals surface area contributed by atoms with Gasteiger partial charge in [-0.15, -0.1) is 0 Å². The zero-order chi connectivity index (χ0) is 17.2. The van der Waals surface area contributed by atoms with E-state index < -0.39 is 19.1 Å². The average molecular weight is 323 g/mol. The summed E-state index contributed by atoms with van der Waals surface area (Å²) in [5, 5.41) is 2.59. The summed E-state index contributed by atoms with van der Waals surface area (Å²) < 4.78 is 19.8. The quantitative estimate of drug-likeness (QED) is 0.488. The number of carbonyl (C=O) groups is 2. The normalized spacial score (nSPS) is 11.7. The van der Waals surface area contributed by atoms with Crippen LogP contribution >= 0.6 is 0 Å². The molecule has 0 aliphatic carbocycles. The zero-order valence-corrected chi connectivity index (χ0v) is 13.8. The van der Waals surface area contributed by atoms with Crippen molar-refractivity contribution in [1.82, 2.24) is 5.32 Å². The molecule has 8 heteroatoms. The summed E-state index contributed by atoms with van der Waals surface area (Å²) in [6.07, 6.45) is 0.313. The molecule has 0 aliphatic heterocycles. The fourth-order valence-electron chi connectivity index (χ4n) is 2.12. The van der Waals surface area contributed by atoms with Gasteiger partial charge in [-0.05, 0) is 11.0 Å². The lowest BCUT2D eigenvalue weighted by molar-refractivity contribution is -0.145. The van der Waals surface area contributed by atoms with Gasteiger partial charge >= 0.3 is 13.1 Å². The lowest BCUT2D eigenvalue weighted by Gasteiger charge is -2.17. The van der Waals surface area contributed by atoms with Crippen molar-refractivity contribution in [3.63, 3.8) is 0 Å². The number of rotatable bonds is 9. The smallest absolute Gasteiger partial charge is 0.467 e. The van der Waals surface area contributed by atoms with Crippen molar-refractivity contribution in [3.8, 4) is 0 Å². The number of amides is 1. The van der Waals surface area contributed by atoms with Crippen LogP contribution in [0.25, 0.3) is 0 Å². The standard InChI is InChI=1S/C15H22BNO6/c1-20-10-14(18)17-13(15(19)21-2)9-11-5-7-12(8-6-11)16(22-3)23-4/h5-8,13H,9-10H2,1-4H3,(H,17,18)/t13-/m1/s1. The largest absolute Gasteiger partial charge is 0.493 e. The second-order valence-electron chi connectivity index (χ2n) is 4.83. The van der Waals surface area contributed by atoms with E-state index in [1.165, 1.54) is 14.2 Å². The van der Waals surface area contributed by atoms with Crippen molar-refractivity contribution in [1.29, 1.82) is 0 Å². The molecule has 23 heavy (non-hydrogen) atoms. The van der Waals surface area contributed by atoms with E-state index in [9.17, 15) is 9.59 Å². The molecule has 0 saturated carbocycles. The Kier molecular flexibility index (Phi) is 8.32. The van der Waals surface area contributed by atoms with Crippen LogP contribution in [0.15, 0.2) is 24.3 Å². The van der Waals surface area contributed by atoms with Gasteiger partial charge in [0.15, 0.2) is 0 Å². The molecule has 0 bridgehead atoms. The van der Waals surface area contributed by atoms with Gasteiger partial charge in [-0.2, -0.15) is 0 Å². The number of hydrogen-bond donors (Lipinski definition) is 1. The number of ether oxygens (including phenoxy) is 2. The van der Waals surface area contributed by atoms with Crippen molar-refractivity contribution >= 4 is 24.5 Å². The van der Waals surface area contributed by atoms with E-state index in [-0.39, 0.29) is 12.5 Å². The minimum Gasteiger partial charge on any atom is -0.467 e. The first-order valence-electron chi connectivity index (χ1n) is 7.06. The third-order valence-corrected chi connectivity index (χ3v) is 3.22. The second kappa shape index (κ2) is 9.99. The molecular formula is C15H22BNO6. The molecule has 0 unspecified atom stereocenters. The summed E-state index contributed by atoms with van der Waals surface area (Å²) in [6.45, 7) is -0.115. The van der Waals surface area contributed by atoms with E-state index >= 15 is 0 Å². The Hall–Kier alpha value is -1.90. The Morgan fingerprint density at radius 1 is 1.09 bits per heavy atom. The van der Waals surface area contributed by atoms with Gasteiger partial charge in [-0.1, -0.05) is 24.3 Å². The van der Waals surface area contributed by atoms with Gasteiger partial charge in [0.2, 0.25) is 5.91 Å². The molecule has 1 aromatic rings. The monoisotopic (exact) mass is 323 g/mol. The Balaban J connectivity index is 2.79. The molecule has 1 rings (SSSR count). The summed E-state index contributed by atoms with van der Waals surface area (Å²) in [5.41, 5.74) is 1.73. The first-order valence-corrected chi connectivity index (χ1v) is 7.06. The molecule has 1 amide bonds. The van der Waals surface area contributed by atoms with Crippen molar-refractivity contribution in [2.45, 2.75) is 12.5 Å². The lowest BCUT2D eigenvalue weighted by atomic mass is 9.78. The van der Waals surface area contributed by atoms with Crippen LogP contribution in [0.5, 0.6) is 0 Å². The first-order chi connectivity index (χ1) is 11.0. The van der Waals surface area contributed by atoms with E-state index in [4.69, 9.17) is 18.8 Å². The highest BCUT2D eigenvalue weighted by Crippen LogP contribution is 2.05. The highest BCUT2D eigenvalue weighted by molar-refractivity contribution is 6.61. The molecule has 0 aliphatic rings. The fourth-order valence-corrected chi connectivity index (χ4v) is 2.12. The summed E-state index contributed by atoms with van der Waals surface area (Å²) in [7, 11) is 5.36. The van der Waals surface area contributed by atoms with Crippen molar-refractivity contribution in [3.05, 3.63) is 29.8 Å². The van der Waals surface area contributed by atoms with E-state index in [0.717, 1.165) is 11.0 Å². The maximum Gasteiger partial charge on any atom is 0.493 e. The third-order valence-electron chi connectivity index (χ3n) is 3.22. The van der Waals surface area contributed by atoms with Gasteiger partial charge in [0.05, 0.1) is 7.11 Å². The molecule has 7 nitrogen and oxygen atoms in total. The molecule has 0 heterocycles. The molecule has 126 valence electrons. The van der Waals surface area contributed by atoms with Crippen molar-refractivity contribution in [2.24, 2.45) is 0 Å². The maximum atomic E-state index is 11.8. The van der Waals surface area contributed by atoms with Crippen LogP contribution in [0.2, 0.25) is 0 Å². The Labute approximate surface area is 136 Å². The van der Waals surface area contributed by atoms with Crippen molar-refractivity contribution in [2.75, 3.05) is 35.0 Å². The van der Waals surface area contributed by atoms with E-state index in [2.05, 4.69) is 5.32 Å². The Morgan fingerprint density at radius 2 is 1.70 bits per heavy atom. The Morgan fingerprint density at radius 3 is 2.17 bits per heavy atom. The summed E-state index contributed by atoms with van der Waals surface area (Å²) in [5.74, 6) is -0.886. The summed E-state index contributed by atoms with van der Waals surface area (Å²) >= 11 is 0. The van der Waals surface area contributed by atoms with Gasteiger partial charge in [0.25, 0.3) is 0 Å². The van der Waals surface area contributed by atoms with Crippen LogP contribution in [0.1, 0.15) is 5.56 Å². The minimum atomic E-state index is -0.769. The highest BCUT2D eigenvalue weighted by Gasteiger charge is 2.23. The predicted octanol–water partition coefficient (Wildman–Crippen LogP) is -0.479. The van der Waals surface area contributed by atoms with Gasteiger partial charge in [0, 0.05) is 27.8 Å². The SMILES string of the molecule is COCC(=O)N[C@H](Cc1ccc(B(OC)OC)cc1)C(=O)OC. The third kappa shape index (κ3) is 6.01. The molecule has 0 fully saturated rings. The average Bonchev–Trinajstić information content (AvgIpc) is 2.56. The number of nitrogens with one attached hydrogen (secondary N) is 1. The molecule has 1 atom stereocenters. The molecule has 0 spiro atoms. The molecule has 0 saturated heterocycles. The molecule has 0 radical (unpaired) electrons. The first kappa shape index (κ1) is 19.2. The minimum absolute atomic E-state index is 0.115. The van der Waals surface area contributed by atoms with E-state index in [0.29, 0.717) is 6.42 Å². The number of methoxy groups -OCH3 is 2. The number of benzene rings is 1. The van der Waals surface area contributed by atoms with Crippen LogP contribution in [-0.2, 0) is 34.8 Å². The van der Waals surface area contributed by atoms with Crippen LogP contribution < -0.4 is 10.8 Å². The maximum absolute atomic E-state index is 11.8. The van der Waals surface area contributed by atoms with Crippen LogP contribution in [0.3, 0.4) is 0 Å². The number of hydrogen-bond acceptors (Lipinski definition) is 6. The van der Waals surface area contributed by atoms with Gasteiger partial charge < -0.3 is 24.1 Å². The topological polar surface area (TPSA) is 83.1 Å². The summed E-state index contributed by atoms with van der Waals surface area (Å²) in [6, 6.07) is 6.61. The Bertz CT molecular complexity index is 503. The molecule has 1 aromatic carbocycles. The van der Waals surface area contributed by atoms with Crippen LogP contribution in [0.4, 0.5) is 0 Å².